The van der Waals surface area contributed by atoms with E-state index in [-0.39, 0.29) is 0 Å². The van der Waals surface area contributed by atoms with Gasteiger partial charge in [-0.3, -0.25) is 0 Å². The molecular weight excluding hydrogens is 617 g/mol. The van der Waals surface area contributed by atoms with E-state index in [1.54, 1.807) is 0 Å². The maximum atomic E-state index is 10.1. The van der Waals surface area contributed by atoms with Gasteiger partial charge in [0, 0.05) is 43.5 Å². The van der Waals surface area contributed by atoms with Crippen LogP contribution in [0, 0.1) is 22.7 Å². The van der Waals surface area contributed by atoms with E-state index in [9.17, 15) is 10.5 Å². The van der Waals surface area contributed by atoms with Gasteiger partial charge in [-0.2, -0.15) is 10.5 Å². The molecule has 228 valence electrons. The first-order valence-electron chi connectivity index (χ1n) is 16.4. The van der Waals surface area contributed by atoms with Crippen LogP contribution in [0.25, 0.3) is 61.3 Å². The number of hydrogen-bond acceptors (Lipinski definition) is 3. The third kappa shape index (κ3) is 4.04. The number of nitriles is 2. The normalized spacial score (nSPS) is 16.0. The molecule has 6 aromatic carbocycles. The highest BCUT2D eigenvalue weighted by atomic mass is 32.2. The highest BCUT2D eigenvalue weighted by Crippen LogP contribution is 2.59. The highest BCUT2D eigenvalue weighted by Gasteiger charge is 2.38. The van der Waals surface area contributed by atoms with Gasteiger partial charge in [-0.05, 0) is 89.5 Å². The quantitative estimate of drug-likeness (QED) is 0.193. The van der Waals surface area contributed by atoms with Crippen LogP contribution in [-0.4, -0.2) is 9.13 Å². The van der Waals surface area contributed by atoms with E-state index < -0.39 is 0 Å². The van der Waals surface area contributed by atoms with Crippen molar-refractivity contribution in [3.8, 4) is 34.6 Å². The van der Waals surface area contributed by atoms with E-state index in [1.807, 2.05) is 48.2 Å². The van der Waals surface area contributed by atoms with Crippen LogP contribution in [-0.2, 0) is 0 Å². The lowest BCUT2D eigenvalue weighted by atomic mass is 9.86. The number of nitrogens with zero attached hydrogens (tertiary/aromatic N) is 4. The lowest BCUT2D eigenvalue weighted by molar-refractivity contribution is 0.817. The second-order valence-corrected chi connectivity index (χ2v) is 13.9. The number of aromatic nitrogens is 2. The van der Waals surface area contributed by atoms with Crippen LogP contribution in [0.1, 0.15) is 39.1 Å². The maximum Gasteiger partial charge on any atom is 0.0991 e. The molecule has 0 saturated carbocycles. The fourth-order valence-corrected chi connectivity index (χ4v) is 9.55. The summed E-state index contributed by atoms with van der Waals surface area (Å²) in [4.78, 5) is 1.36. The molecule has 8 aromatic rings. The predicted molar refractivity (Wildman–Crippen MR) is 199 cm³/mol. The van der Waals surface area contributed by atoms with Crippen molar-refractivity contribution >= 4 is 50.5 Å². The summed E-state index contributed by atoms with van der Waals surface area (Å²) < 4.78 is 4.68. The average Bonchev–Trinajstić information content (AvgIpc) is 3.82. The molecule has 0 amide bonds. The van der Waals surface area contributed by atoms with Gasteiger partial charge in [0.05, 0.1) is 51.2 Å². The zero-order valence-corrected chi connectivity index (χ0v) is 27.0. The zero-order chi connectivity index (χ0) is 32.6. The third-order valence-electron chi connectivity index (χ3n) is 10.1. The first-order chi connectivity index (χ1) is 24.2. The van der Waals surface area contributed by atoms with Gasteiger partial charge in [0.1, 0.15) is 0 Å². The fourth-order valence-electron chi connectivity index (χ4n) is 8.03. The second-order valence-electron chi connectivity index (χ2n) is 12.7. The summed E-state index contributed by atoms with van der Waals surface area (Å²) in [5, 5.41) is 23.4. The van der Waals surface area contributed by atoms with Gasteiger partial charge in [0.15, 0.2) is 0 Å². The van der Waals surface area contributed by atoms with E-state index in [0.29, 0.717) is 22.3 Å². The Morgan fingerprint density at radius 2 is 1.35 bits per heavy atom. The minimum absolute atomic E-state index is 0.295. The molecule has 2 unspecified atom stereocenters. The lowest BCUT2D eigenvalue weighted by Crippen LogP contribution is -2.07. The van der Waals surface area contributed by atoms with E-state index in [1.165, 1.54) is 27.1 Å². The molecular formula is C44H26N4S. The summed E-state index contributed by atoms with van der Waals surface area (Å²) in [5.74, 6) is 0.332. The SMILES string of the molecule is N#Cc1ccc(-n2c3ccccc3c3cc(C#N)ccc32)c(-c2ccc3c4c(n(-c5ccccc5)c3c2)C=CC2c3ccccc3SC42)c1. The first kappa shape index (κ1) is 27.8. The molecule has 5 heteroatoms. The molecule has 0 radical (unpaired) electrons. The molecule has 3 heterocycles. The monoisotopic (exact) mass is 642 g/mol. The van der Waals surface area contributed by atoms with Crippen LogP contribution in [0.5, 0.6) is 0 Å². The van der Waals surface area contributed by atoms with Gasteiger partial charge in [0.2, 0.25) is 0 Å². The first-order valence-corrected chi connectivity index (χ1v) is 17.3. The van der Waals surface area contributed by atoms with E-state index >= 15 is 0 Å². The Balaban J connectivity index is 1.24. The zero-order valence-electron chi connectivity index (χ0n) is 26.2. The van der Waals surface area contributed by atoms with Crippen molar-refractivity contribution < 1.29 is 0 Å². The smallest absolute Gasteiger partial charge is 0.0991 e. The number of allylic oxidation sites excluding steroid dienone is 1. The maximum absolute atomic E-state index is 10.1. The number of para-hydroxylation sites is 2. The minimum Gasteiger partial charge on any atom is -0.310 e. The van der Waals surface area contributed by atoms with Crippen molar-refractivity contribution in [1.82, 2.24) is 9.13 Å². The van der Waals surface area contributed by atoms with E-state index in [0.717, 1.165) is 49.8 Å². The third-order valence-corrected chi connectivity index (χ3v) is 11.6. The van der Waals surface area contributed by atoms with Crippen molar-refractivity contribution in [2.75, 3.05) is 0 Å². The van der Waals surface area contributed by atoms with E-state index in [4.69, 9.17) is 0 Å². The molecule has 0 N–H and O–H groups in total. The molecule has 0 spiro atoms. The lowest BCUT2D eigenvalue weighted by Gasteiger charge is -2.22. The Kier molecular flexibility index (Phi) is 6.03. The largest absolute Gasteiger partial charge is 0.310 e. The van der Waals surface area contributed by atoms with Gasteiger partial charge >= 0.3 is 0 Å². The topological polar surface area (TPSA) is 57.4 Å². The summed E-state index contributed by atoms with van der Waals surface area (Å²) in [6.07, 6.45) is 4.71. The Bertz CT molecular complexity index is 2790. The van der Waals surface area contributed by atoms with Crippen molar-refractivity contribution in [3.63, 3.8) is 0 Å². The van der Waals surface area contributed by atoms with Gasteiger partial charge in [0.25, 0.3) is 0 Å². The van der Waals surface area contributed by atoms with Crippen molar-refractivity contribution in [3.05, 3.63) is 167 Å². The molecule has 2 atom stereocenters. The van der Waals surface area contributed by atoms with Crippen molar-refractivity contribution in [2.45, 2.75) is 16.1 Å². The molecule has 2 aromatic heterocycles. The van der Waals surface area contributed by atoms with Crippen LogP contribution in [0.4, 0.5) is 0 Å². The Morgan fingerprint density at radius 3 is 2.22 bits per heavy atom. The number of rotatable bonds is 3. The summed E-state index contributed by atoms with van der Waals surface area (Å²) in [7, 11) is 0. The minimum atomic E-state index is 0.295. The van der Waals surface area contributed by atoms with Crippen LogP contribution < -0.4 is 0 Å². The van der Waals surface area contributed by atoms with E-state index in [2.05, 4.69) is 130 Å². The molecule has 1 aliphatic heterocycles. The summed E-state index contributed by atoms with van der Waals surface area (Å²) in [6, 6.07) is 51.1. The summed E-state index contributed by atoms with van der Waals surface area (Å²) in [6.45, 7) is 0. The Hall–Kier alpha value is -6.27. The number of fused-ring (bicyclic) bond motifs is 10. The number of benzene rings is 6. The van der Waals surface area contributed by atoms with Gasteiger partial charge in [-0.25, -0.2) is 0 Å². The second kappa shape index (κ2) is 10.6. The Morgan fingerprint density at radius 1 is 0.592 bits per heavy atom. The van der Waals surface area contributed by atoms with Crippen molar-refractivity contribution in [2.24, 2.45) is 0 Å². The summed E-state index contributed by atoms with van der Waals surface area (Å²) in [5.41, 5.74) is 12.6. The van der Waals surface area contributed by atoms with Crippen LogP contribution >= 0.6 is 11.8 Å². The fraction of sp³-hybridized carbons (Fsp3) is 0.0455. The predicted octanol–water partition coefficient (Wildman–Crippen LogP) is 11.1. The molecule has 0 saturated heterocycles. The number of thioether (sulfide) groups is 1. The molecule has 4 nitrogen and oxygen atoms in total. The Labute approximate surface area is 287 Å². The van der Waals surface area contributed by atoms with Gasteiger partial charge < -0.3 is 9.13 Å². The average molecular weight is 643 g/mol. The van der Waals surface area contributed by atoms with Crippen LogP contribution in [0.15, 0.2) is 144 Å². The van der Waals surface area contributed by atoms with Gasteiger partial charge in [-0.1, -0.05) is 72.8 Å². The van der Waals surface area contributed by atoms with Crippen molar-refractivity contribution in [1.29, 1.82) is 10.5 Å². The molecule has 1 aliphatic carbocycles. The molecule has 49 heavy (non-hydrogen) atoms. The number of hydrogen-bond donors (Lipinski definition) is 0. The van der Waals surface area contributed by atoms with Crippen LogP contribution in [0.3, 0.4) is 0 Å². The van der Waals surface area contributed by atoms with Gasteiger partial charge in [-0.15, -0.1) is 11.8 Å². The summed E-state index contributed by atoms with van der Waals surface area (Å²) >= 11 is 1.97. The van der Waals surface area contributed by atoms with Crippen LogP contribution in [0.2, 0.25) is 0 Å². The highest BCUT2D eigenvalue weighted by molar-refractivity contribution is 8.00. The molecule has 2 aliphatic rings. The standard InChI is InChI=1S/C44H26N4S/c45-25-27-14-19-38(48-37-12-6-4-10-31(37)36-23-28(26-46)15-20-39(36)48)35(22-27)29-16-17-34-41(24-29)47(30-8-2-1-3-9-30)40-21-18-33-32-11-5-7-13-42(32)49-44(33)43(34)40/h1-24,33,44H. The molecule has 10 rings (SSSR count). The molecule has 0 fully saturated rings. The molecule has 0 bridgehead atoms.